The maximum Gasteiger partial charge on any atom is 0.269 e. The lowest BCUT2D eigenvalue weighted by Crippen LogP contribution is -2.46. The highest BCUT2D eigenvalue weighted by Crippen LogP contribution is 2.36. The Morgan fingerprint density at radius 3 is 3.14 bits per heavy atom. The first-order valence-electron chi connectivity index (χ1n) is 7.17. The topological polar surface area (TPSA) is 71.8 Å². The van der Waals surface area contributed by atoms with Crippen molar-refractivity contribution < 1.29 is 4.79 Å². The van der Waals surface area contributed by atoms with Gasteiger partial charge in [0.15, 0.2) is 0 Å². The molecule has 0 bridgehead atoms. The molecule has 110 valence electrons. The minimum Gasteiger partial charge on any atom is -0.348 e. The minimum atomic E-state index is -0.0385. The van der Waals surface area contributed by atoms with Gasteiger partial charge in [-0.1, -0.05) is 0 Å². The van der Waals surface area contributed by atoms with E-state index in [9.17, 15) is 4.79 Å². The number of fused-ring (bicyclic) bond motifs is 2. The first-order valence-corrected chi connectivity index (χ1v) is 7.99. The molecule has 4 rings (SSSR count). The van der Waals surface area contributed by atoms with Crippen molar-refractivity contribution in [3.63, 3.8) is 0 Å². The van der Waals surface area contributed by atoms with Crippen LogP contribution in [0.5, 0.6) is 0 Å². The largest absolute Gasteiger partial charge is 0.348 e. The zero-order valence-electron chi connectivity index (χ0n) is 12.0. The molecule has 2 aromatic rings. The van der Waals surface area contributed by atoms with Crippen LogP contribution >= 0.6 is 11.3 Å². The van der Waals surface area contributed by atoms with Gasteiger partial charge in [0, 0.05) is 24.4 Å². The number of hydrogen-bond acceptors (Lipinski definition) is 5. The van der Waals surface area contributed by atoms with E-state index in [0.29, 0.717) is 12.2 Å². The Hall–Kier alpha value is -1.73. The lowest BCUT2D eigenvalue weighted by molar-refractivity contribution is 0.0898. The fourth-order valence-electron chi connectivity index (χ4n) is 3.23. The van der Waals surface area contributed by atoms with Crippen molar-refractivity contribution in [2.75, 3.05) is 13.1 Å². The number of carbonyl (C=O) groups excluding carboxylic acids is 1. The second-order valence-corrected chi connectivity index (χ2v) is 6.85. The van der Waals surface area contributed by atoms with Crippen molar-refractivity contribution in [1.29, 1.82) is 0 Å². The van der Waals surface area contributed by atoms with Crippen LogP contribution in [-0.2, 0) is 6.42 Å². The molecule has 6 nitrogen and oxygen atoms in total. The number of aryl methyl sites for hydroxylation is 2. The molecule has 1 amide bonds. The van der Waals surface area contributed by atoms with Crippen LogP contribution in [0.2, 0.25) is 0 Å². The van der Waals surface area contributed by atoms with Crippen molar-refractivity contribution in [1.82, 2.24) is 25.4 Å². The molecule has 4 heterocycles. The average Bonchev–Trinajstić information content (AvgIpc) is 3.01. The monoisotopic (exact) mass is 303 g/mol. The van der Waals surface area contributed by atoms with E-state index in [4.69, 9.17) is 0 Å². The molecular formula is C14H17N5OS. The van der Waals surface area contributed by atoms with Gasteiger partial charge in [-0.3, -0.25) is 9.48 Å². The van der Waals surface area contributed by atoms with Crippen LogP contribution in [0.1, 0.15) is 43.8 Å². The molecule has 2 aliphatic rings. The molecule has 2 N–H and O–H groups in total. The maximum absolute atomic E-state index is 12.0. The molecule has 0 aliphatic carbocycles. The first kappa shape index (κ1) is 13.0. The number of nitrogens with zero attached hydrogens (tertiary/aromatic N) is 3. The Bertz CT molecular complexity index is 719. The maximum atomic E-state index is 12.0. The summed E-state index contributed by atoms with van der Waals surface area (Å²) in [6, 6.07) is 2.12. The second-order valence-electron chi connectivity index (χ2n) is 5.62. The molecule has 21 heavy (non-hydrogen) atoms. The molecule has 2 aromatic heterocycles. The van der Waals surface area contributed by atoms with E-state index in [1.165, 1.54) is 10.6 Å². The van der Waals surface area contributed by atoms with Crippen molar-refractivity contribution in [2.45, 2.75) is 32.4 Å². The Morgan fingerprint density at radius 1 is 1.43 bits per heavy atom. The summed E-state index contributed by atoms with van der Waals surface area (Å²) in [4.78, 5) is 17.9. The fourth-order valence-corrected chi connectivity index (χ4v) is 4.34. The quantitative estimate of drug-likeness (QED) is 0.828. The minimum absolute atomic E-state index is 0.0385. The fraction of sp³-hybridized carbons (Fsp3) is 0.500. The lowest BCUT2D eigenvalue weighted by Gasteiger charge is -2.34. The van der Waals surface area contributed by atoms with Gasteiger partial charge in [-0.05, 0) is 19.9 Å². The lowest BCUT2D eigenvalue weighted by atomic mass is 9.99. The van der Waals surface area contributed by atoms with Crippen LogP contribution in [-0.4, -0.2) is 33.8 Å². The molecule has 0 aromatic carbocycles. The average molecular weight is 303 g/mol. The number of hydrogen-bond donors (Lipinski definition) is 2. The highest BCUT2D eigenvalue weighted by molar-refractivity contribution is 7.11. The van der Waals surface area contributed by atoms with Crippen LogP contribution in [0.15, 0.2) is 6.07 Å². The SMILES string of the molecule is Cc1cc2n(n1)C(C1NCCc3nc(C)sc31)CNC2=O. The van der Waals surface area contributed by atoms with Gasteiger partial charge in [0.1, 0.15) is 5.69 Å². The molecule has 0 spiro atoms. The van der Waals surface area contributed by atoms with E-state index < -0.39 is 0 Å². The predicted octanol–water partition coefficient (Wildman–Crippen LogP) is 1.13. The third-order valence-corrected chi connectivity index (χ3v) is 5.20. The zero-order chi connectivity index (χ0) is 14.6. The van der Waals surface area contributed by atoms with E-state index in [-0.39, 0.29) is 18.0 Å². The Balaban J connectivity index is 1.78. The van der Waals surface area contributed by atoms with Gasteiger partial charge in [-0.25, -0.2) is 4.98 Å². The summed E-state index contributed by atoms with van der Waals surface area (Å²) < 4.78 is 1.88. The van der Waals surface area contributed by atoms with Crippen molar-refractivity contribution >= 4 is 17.2 Å². The number of nitrogens with one attached hydrogen (secondary N) is 2. The summed E-state index contributed by atoms with van der Waals surface area (Å²) >= 11 is 1.75. The van der Waals surface area contributed by atoms with E-state index in [1.54, 1.807) is 11.3 Å². The second kappa shape index (κ2) is 4.64. The van der Waals surface area contributed by atoms with Crippen molar-refractivity contribution in [3.8, 4) is 0 Å². The Kier molecular flexibility index (Phi) is 2.87. The highest BCUT2D eigenvalue weighted by Gasteiger charge is 2.36. The number of amides is 1. The molecule has 7 heteroatoms. The molecule has 0 radical (unpaired) electrons. The van der Waals surface area contributed by atoms with Gasteiger partial charge in [0.25, 0.3) is 5.91 Å². The molecule has 2 unspecified atom stereocenters. The molecule has 0 saturated carbocycles. The normalized spacial score (nSPS) is 24.4. The van der Waals surface area contributed by atoms with Crippen molar-refractivity contribution in [3.05, 3.63) is 33.0 Å². The summed E-state index contributed by atoms with van der Waals surface area (Å²) in [7, 11) is 0. The number of aromatic nitrogens is 3. The van der Waals surface area contributed by atoms with Crippen LogP contribution < -0.4 is 10.6 Å². The van der Waals surface area contributed by atoms with Gasteiger partial charge >= 0.3 is 0 Å². The molecule has 2 atom stereocenters. The molecule has 0 fully saturated rings. The number of rotatable bonds is 1. The van der Waals surface area contributed by atoms with E-state index >= 15 is 0 Å². The summed E-state index contributed by atoms with van der Waals surface area (Å²) in [5.74, 6) is -0.0385. The summed E-state index contributed by atoms with van der Waals surface area (Å²) in [6.07, 6.45) is 0.972. The van der Waals surface area contributed by atoms with Crippen LogP contribution in [0.4, 0.5) is 0 Å². The molecule has 0 saturated heterocycles. The number of carbonyl (C=O) groups is 1. The van der Waals surface area contributed by atoms with Crippen LogP contribution in [0, 0.1) is 13.8 Å². The summed E-state index contributed by atoms with van der Waals surface area (Å²) in [5.41, 5.74) is 2.73. The van der Waals surface area contributed by atoms with E-state index in [2.05, 4.69) is 20.7 Å². The highest BCUT2D eigenvalue weighted by atomic mass is 32.1. The standard InChI is InChI=1S/C14H17N5OS/c1-7-5-10-14(20)16-6-11(19(10)18-7)12-13-9(3-4-15-12)17-8(2)21-13/h5,11-12,15H,3-4,6H2,1-2H3,(H,16,20). The zero-order valence-corrected chi connectivity index (χ0v) is 12.8. The molecular weight excluding hydrogens is 286 g/mol. The van der Waals surface area contributed by atoms with Crippen LogP contribution in [0.25, 0.3) is 0 Å². The predicted molar refractivity (Wildman–Crippen MR) is 79.6 cm³/mol. The van der Waals surface area contributed by atoms with Gasteiger partial charge in [-0.2, -0.15) is 5.10 Å². The summed E-state index contributed by atoms with van der Waals surface area (Å²) in [6.45, 7) is 5.49. The Labute approximate surface area is 126 Å². The van der Waals surface area contributed by atoms with Gasteiger partial charge in [0.2, 0.25) is 0 Å². The number of thiazole rings is 1. The molecule has 2 aliphatic heterocycles. The van der Waals surface area contributed by atoms with E-state index in [1.807, 2.05) is 24.6 Å². The third kappa shape index (κ3) is 1.99. The Morgan fingerprint density at radius 2 is 2.29 bits per heavy atom. The van der Waals surface area contributed by atoms with Gasteiger partial charge in [-0.15, -0.1) is 11.3 Å². The van der Waals surface area contributed by atoms with E-state index in [0.717, 1.165) is 23.7 Å². The van der Waals surface area contributed by atoms with Crippen molar-refractivity contribution in [2.24, 2.45) is 0 Å². The van der Waals surface area contributed by atoms with Gasteiger partial charge < -0.3 is 10.6 Å². The smallest absolute Gasteiger partial charge is 0.269 e. The first-order chi connectivity index (χ1) is 10.1. The van der Waals surface area contributed by atoms with Gasteiger partial charge in [0.05, 0.1) is 28.5 Å². The summed E-state index contributed by atoms with van der Waals surface area (Å²) in [5, 5.41) is 12.2. The third-order valence-electron chi connectivity index (χ3n) is 4.10. The van der Waals surface area contributed by atoms with Crippen LogP contribution in [0.3, 0.4) is 0 Å².